The fourth-order valence-corrected chi connectivity index (χ4v) is 0.935. The maximum Gasteiger partial charge on any atom is 0.314 e. The first kappa shape index (κ1) is 12.2. The summed E-state index contributed by atoms with van der Waals surface area (Å²) in [6.07, 6.45) is 0.802. The minimum Gasteiger partial charge on any atom is -0.351 e. The molecule has 0 saturated heterocycles. The number of urea groups is 1. The molecule has 0 saturated carbocycles. The number of hydrogen-bond donors (Lipinski definition) is 2. The molecule has 78 valence electrons. The molecule has 0 aromatic rings. The molecule has 5 heteroatoms. The van der Waals surface area contributed by atoms with Crippen molar-refractivity contribution in [3.05, 3.63) is 0 Å². The van der Waals surface area contributed by atoms with Crippen LogP contribution in [0.2, 0.25) is 0 Å². The van der Waals surface area contributed by atoms with Gasteiger partial charge in [0.05, 0.1) is 0 Å². The molecule has 0 atom stereocenters. The molecule has 0 bridgehead atoms. The number of rotatable bonds is 6. The number of likely N-dealkylation sites (N-methyl/N-ethyl adjacent to an activating group) is 1. The third-order valence-electron chi connectivity index (χ3n) is 1.76. The van der Waals surface area contributed by atoms with E-state index in [2.05, 4.69) is 0 Å². The Labute approximate surface area is 79.7 Å². The number of carbonyl (C=O) groups excluding carboxylic acids is 1. The number of nitrogens with zero attached hydrogens (tertiary/aromatic N) is 2. The highest BCUT2D eigenvalue weighted by Crippen LogP contribution is 1.91. The molecular formula is C8H20N4O. The van der Waals surface area contributed by atoms with E-state index in [-0.39, 0.29) is 6.03 Å². The Kier molecular flexibility index (Phi) is 6.26. The second kappa shape index (κ2) is 6.68. The molecule has 0 aromatic carbocycles. The first-order valence-corrected chi connectivity index (χ1v) is 4.47. The van der Waals surface area contributed by atoms with Gasteiger partial charge in [0, 0.05) is 19.6 Å². The van der Waals surface area contributed by atoms with E-state index in [1.54, 1.807) is 4.90 Å². The minimum atomic E-state index is -0.365. The van der Waals surface area contributed by atoms with Gasteiger partial charge in [0.15, 0.2) is 0 Å². The molecule has 0 spiro atoms. The lowest BCUT2D eigenvalue weighted by Gasteiger charge is -2.21. The zero-order valence-electron chi connectivity index (χ0n) is 8.49. The zero-order valence-corrected chi connectivity index (χ0v) is 8.49. The highest BCUT2D eigenvalue weighted by Gasteiger charge is 2.08. The quantitative estimate of drug-likeness (QED) is 0.577. The molecule has 0 rings (SSSR count). The molecule has 0 aromatic heterocycles. The van der Waals surface area contributed by atoms with Crippen LogP contribution < -0.4 is 11.5 Å². The number of hydrogen-bond acceptors (Lipinski definition) is 3. The topological polar surface area (TPSA) is 75.6 Å². The average Bonchev–Trinajstić information content (AvgIpc) is 2.03. The summed E-state index contributed by atoms with van der Waals surface area (Å²) in [5.74, 6) is 0. The summed E-state index contributed by atoms with van der Waals surface area (Å²) in [7, 11) is 3.92. The van der Waals surface area contributed by atoms with Gasteiger partial charge in [-0.1, -0.05) is 0 Å². The number of carbonyl (C=O) groups is 1. The Morgan fingerprint density at radius 3 is 2.23 bits per heavy atom. The fraction of sp³-hybridized carbons (Fsp3) is 0.875. The smallest absolute Gasteiger partial charge is 0.314 e. The monoisotopic (exact) mass is 188 g/mol. The van der Waals surface area contributed by atoms with Gasteiger partial charge in [-0.25, -0.2) is 4.79 Å². The molecule has 0 aliphatic carbocycles. The Balaban J connectivity index is 3.74. The van der Waals surface area contributed by atoms with Crippen molar-refractivity contribution >= 4 is 6.03 Å². The Bertz CT molecular complexity index is 149. The van der Waals surface area contributed by atoms with Gasteiger partial charge in [-0.05, 0) is 27.1 Å². The number of nitrogens with two attached hydrogens (primary N) is 2. The number of primary amides is 1. The predicted octanol–water partition coefficient (Wildman–Crippen LogP) is -0.722. The molecule has 0 aliphatic heterocycles. The van der Waals surface area contributed by atoms with Gasteiger partial charge in [0.1, 0.15) is 0 Å². The van der Waals surface area contributed by atoms with Crippen molar-refractivity contribution in [3.63, 3.8) is 0 Å². The standard InChI is InChI=1S/C8H20N4O/c1-11(2)6-7-12(8(10)13)5-3-4-9/h3-7,9H2,1-2H3,(H2,10,13). The fourth-order valence-electron chi connectivity index (χ4n) is 0.935. The minimum absolute atomic E-state index is 0.365. The van der Waals surface area contributed by atoms with E-state index in [4.69, 9.17) is 11.5 Å². The van der Waals surface area contributed by atoms with E-state index in [0.29, 0.717) is 19.6 Å². The SMILES string of the molecule is CN(C)CCN(CCCN)C(N)=O. The molecule has 0 radical (unpaired) electrons. The van der Waals surface area contributed by atoms with E-state index in [9.17, 15) is 4.79 Å². The summed E-state index contributed by atoms with van der Waals surface area (Å²) in [5.41, 5.74) is 10.5. The summed E-state index contributed by atoms with van der Waals surface area (Å²) in [6.45, 7) is 2.74. The van der Waals surface area contributed by atoms with Gasteiger partial charge in [0.2, 0.25) is 0 Å². The van der Waals surface area contributed by atoms with E-state index in [1.807, 2.05) is 19.0 Å². The van der Waals surface area contributed by atoms with Crippen molar-refractivity contribution in [2.24, 2.45) is 11.5 Å². The average molecular weight is 188 g/mol. The first-order valence-electron chi connectivity index (χ1n) is 4.47. The molecule has 0 fully saturated rings. The Hall–Kier alpha value is -0.810. The second-order valence-electron chi connectivity index (χ2n) is 3.27. The zero-order chi connectivity index (χ0) is 10.3. The van der Waals surface area contributed by atoms with Gasteiger partial charge in [-0.15, -0.1) is 0 Å². The number of amides is 2. The summed E-state index contributed by atoms with van der Waals surface area (Å²) < 4.78 is 0. The molecule has 0 aliphatic rings. The normalized spacial score (nSPS) is 10.5. The third kappa shape index (κ3) is 6.36. The summed E-state index contributed by atoms with van der Waals surface area (Å²) in [6, 6.07) is -0.365. The van der Waals surface area contributed by atoms with Crippen LogP contribution >= 0.6 is 0 Å². The van der Waals surface area contributed by atoms with Crippen LogP contribution in [0.1, 0.15) is 6.42 Å². The lowest BCUT2D eigenvalue weighted by molar-refractivity contribution is 0.200. The van der Waals surface area contributed by atoms with E-state index in [0.717, 1.165) is 13.0 Å². The third-order valence-corrected chi connectivity index (χ3v) is 1.76. The van der Waals surface area contributed by atoms with E-state index in [1.165, 1.54) is 0 Å². The van der Waals surface area contributed by atoms with E-state index < -0.39 is 0 Å². The lowest BCUT2D eigenvalue weighted by Crippen LogP contribution is -2.41. The van der Waals surface area contributed by atoms with Gasteiger partial charge < -0.3 is 21.3 Å². The maximum absolute atomic E-state index is 10.9. The van der Waals surface area contributed by atoms with Crippen LogP contribution in [0.15, 0.2) is 0 Å². The summed E-state index contributed by atoms with van der Waals surface area (Å²) in [4.78, 5) is 14.5. The molecule has 2 amide bonds. The van der Waals surface area contributed by atoms with Crippen LogP contribution in [0.4, 0.5) is 4.79 Å². The highest BCUT2D eigenvalue weighted by molar-refractivity contribution is 5.71. The van der Waals surface area contributed by atoms with Crippen LogP contribution in [0.25, 0.3) is 0 Å². The van der Waals surface area contributed by atoms with Gasteiger partial charge >= 0.3 is 6.03 Å². The van der Waals surface area contributed by atoms with Gasteiger partial charge in [-0.3, -0.25) is 0 Å². The molecular weight excluding hydrogens is 168 g/mol. The maximum atomic E-state index is 10.9. The van der Waals surface area contributed by atoms with Gasteiger partial charge in [0.25, 0.3) is 0 Å². The van der Waals surface area contributed by atoms with Gasteiger partial charge in [-0.2, -0.15) is 0 Å². The largest absolute Gasteiger partial charge is 0.351 e. The van der Waals surface area contributed by atoms with Crippen molar-refractivity contribution in [1.29, 1.82) is 0 Å². The van der Waals surface area contributed by atoms with Crippen molar-refractivity contribution in [2.45, 2.75) is 6.42 Å². The van der Waals surface area contributed by atoms with Crippen LogP contribution in [-0.4, -0.2) is 56.1 Å². The first-order chi connectivity index (χ1) is 6.07. The summed E-state index contributed by atoms with van der Waals surface area (Å²) in [5, 5.41) is 0. The van der Waals surface area contributed by atoms with Crippen LogP contribution in [0, 0.1) is 0 Å². The van der Waals surface area contributed by atoms with Crippen molar-refractivity contribution < 1.29 is 4.79 Å². The Morgan fingerprint density at radius 2 is 1.85 bits per heavy atom. The molecule has 13 heavy (non-hydrogen) atoms. The molecule has 4 N–H and O–H groups in total. The summed E-state index contributed by atoms with van der Waals surface area (Å²) >= 11 is 0. The second-order valence-corrected chi connectivity index (χ2v) is 3.27. The lowest BCUT2D eigenvalue weighted by atomic mass is 10.4. The molecule has 0 unspecified atom stereocenters. The van der Waals surface area contributed by atoms with Crippen LogP contribution in [-0.2, 0) is 0 Å². The van der Waals surface area contributed by atoms with Crippen LogP contribution in [0.5, 0.6) is 0 Å². The Morgan fingerprint density at radius 1 is 1.23 bits per heavy atom. The van der Waals surface area contributed by atoms with Crippen molar-refractivity contribution in [2.75, 3.05) is 40.3 Å². The van der Waals surface area contributed by atoms with E-state index >= 15 is 0 Å². The molecule has 0 heterocycles. The van der Waals surface area contributed by atoms with Crippen molar-refractivity contribution in [1.82, 2.24) is 9.80 Å². The predicted molar refractivity (Wildman–Crippen MR) is 53.4 cm³/mol. The van der Waals surface area contributed by atoms with Crippen molar-refractivity contribution in [3.8, 4) is 0 Å². The van der Waals surface area contributed by atoms with Crippen LogP contribution in [0.3, 0.4) is 0 Å². The highest BCUT2D eigenvalue weighted by atomic mass is 16.2. The molecule has 5 nitrogen and oxygen atoms in total.